The van der Waals surface area contributed by atoms with E-state index < -0.39 is 0 Å². The molecule has 0 aromatic heterocycles. The highest BCUT2D eigenvalue weighted by atomic mass is 16.1. The molecular weight excluding hydrogens is 224 g/mol. The predicted molar refractivity (Wildman–Crippen MR) is 74.5 cm³/mol. The van der Waals surface area contributed by atoms with Gasteiger partial charge in [-0.15, -0.1) is 0 Å². The van der Waals surface area contributed by atoms with Gasteiger partial charge in [-0.2, -0.15) is 0 Å². The minimum Gasteiger partial charge on any atom is -0.355 e. The van der Waals surface area contributed by atoms with E-state index in [2.05, 4.69) is 10.6 Å². The van der Waals surface area contributed by atoms with Gasteiger partial charge in [0.2, 0.25) is 5.91 Å². The van der Waals surface area contributed by atoms with E-state index in [1.54, 1.807) is 0 Å². The van der Waals surface area contributed by atoms with E-state index in [4.69, 9.17) is 0 Å². The van der Waals surface area contributed by atoms with Crippen molar-refractivity contribution in [1.82, 2.24) is 10.6 Å². The van der Waals surface area contributed by atoms with Crippen molar-refractivity contribution in [2.75, 3.05) is 13.1 Å². The molecular formula is C15H28N2O. The molecule has 104 valence electrons. The fourth-order valence-corrected chi connectivity index (χ4v) is 3.32. The Morgan fingerprint density at radius 1 is 0.944 bits per heavy atom. The number of rotatable bonds is 6. The molecule has 2 saturated carbocycles. The molecule has 0 unspecified atom stereocenters. The monoisotopic (exact) mass is 252 g/mol. The van der Waals surface area contributed by atoms with Gasteiger partial charge in [-0.1, -0.05) is 44.9 Å². The Kier molecular flexibility index (Phi) is 5.98. The highest BCUT2D eigenvalue weighted by molar-refractivity contribution is 5.77. The highest BCUT2D eigenvalue weighted by Crippen LogP contribution is 2.25. The van der Waals surface area contributed by atoms with Gasteiger partial charge < -0.3 is 10.6 Å². The lowest BCUT2D eigenvalue weighted by atomic mass is 9.87. The molecule has 0 spiro atoms. The minimum atomic E-state index is 0.178. The average Bonchev–Trinajstić information content (AvgIpc) is 2.91. The molecule has 3 heteroatoms. The molecule has 2 fully saturated rings. The molecule has 0 saturated heterocycles. The summed E-state index contributed by atoms with van der Waals surface area (Å²) in [6.07, 6.45) is 13.2. The van der Waals surface area contributed by atoms with Gasteiger partial charge in [0, 0.05) is 12.6 Å². The van der Waals surface area contributed by atoms with E-state index in [1.807, 2.05) is 0 Å². The first-order valence-electron chi connectivity index (χ1n) is 7.84. The summed E-state index contributed by atoms with van der Waals surface area (Å²) in [5.41, 5.74) is 0. The van der Waals surface area contributed by atoms with Crippen LogP contribution in [0.5, 0.6) is 0 Å². The number of carbonyl (C=O) groups excluding carboxylic acids is 1. The molecule has 18 heavy (non-hydrogen) atoms. The molecule has 1 amide bonds. The van der Waals surface area contributed by atoms with Crippen LogP contribution in [0.1, 0.15) is 64.2 Å². The molecule has 0 atom stereocenters. The van der Waals surface area contributed by atoms with Crippen LogP contribution in [0.15, 0.2) is 0 Å². The van der Waals surface area contributed by atoms with Gasteiger partial charge in [0.15, 0.2) is 0 Å². The third kappa shape index (κ3) is 4.97. The maximum absolute atomic E-state index is 11.7. The third-order valence-electron chi connectivity index (χ3n) is 4.51. The van der Waals surface area contributed by atoms with E-state index in [0.29, 0.717) is 12.6 Å². The van der Waals surface area contributed by atoms with Gasteiger partial charge in [-0.05, 0) is 25.2 Å². The van der Waals surface area contributed by atoms with Crippen LogP contribution in [0.3, 0.4) is 0 Å². The summed E-state index contributed by atoms with van der Waals surface area (Å²) in [5.74, 6) is 1.04. The van der Waals surface area contributed by atoms with Gasteiger partial charge in [0.05, 0.1) is 6.54 Å². The van der Waals surface area contributed by atoms with E-state index in [-0.39, 0.29) is 5.91 Å². The van der Waals surface area contributed by atoms with Crippen molar-refractivity contribution in [2.45, 2.75) is 70.3 Å². The first-order chi connectivity index (χ1) is 8.84. The van der Waals surface area contributed by atoms with Crippen LogP contribution in [0, 0.1) is 5.92 Å². The molecule has 0 aromatic rings. The number of carbonyl (C=O) groups is 1. The Morgan fingerprint density at radius 3 is 2.33 bits per heavy atom. The minimum absolute atomic E-state index is 0.178. The highest BCUT2D eigenvalue weighted by Gasteiger charge is 2.16. The molecule has 0 bridgehead atoms. The fraction of sp³-hybridized carbons (Fsp3) is 0.933. The lowest BCUT2D eigenvalue weighted by Crippen LogP contribution is -2.38. The molecule has 3 nitrogen and oxygen atoms in total. The maximum Gasteiger partial charge on any atom is 0.233 e. The smallest absolute Gasteiger partial charge is 0.233 e. The molecule has 0 heterocycles. The summed E-state index contributed by atoms with van der Waals surface area (Å²) >= 11 is 0. The van der Waals surface area contributed by atoms with E-state index in [0.717, 1.165) is 12.5 Å². The molecule has 2 aliphatic rings. The summed E-state index contributed by atoms with van der Waals surface area (Å²) in [6.45, 7) is 1.38. The quantitative estimate of drug-likeness (QED) is 0.763. The van der Waals surface area contributed by atoms with Crippen molar-refractivity contribution in [3.8, 4) is 0 Å². The Morgan fingerprint density at radius 2 is 1.61 bits per heavy atom. The predicted octanol–water partition coefficient (Wildman–Crippen LogP) is 2.61. The van der Waals surface area contributed by atoms with Crippen LogP contribution in [0.4, 0.5) is 0 Å². The van der Waals surface area contributed by atoms with Crippen molar-refractivity contribution < 1.29 is 4.79 Å². The Hall–Kier alpha value is -0.570. The van der Waals surface area contributed by atoms with Crippen LogP contribution in [0.25, 0.3) is 0 Å². The van der Waals surface area contributed by atoms with Crippen molar-refractivity contribution in [2.24, 2.45) is 5.92 Å². The first kappa shape index (κ1) is 13.9. The Bertz CT molecular complexity index is 243. The number of hydrogen-bond acceptors (Lipinski definition) is 2. The largest absolute Gasteiger partial charge is 0.355 e. The SMILES string of the molecule is O=C(CNC1CCCC1)NCCC1CCCCC1. The van der Waals surface area contributed by atoms with Gasteiger partial charge in [-0.3, -0.25) is 4.79 Å². The Labute approximate surface area is 111 Å². The summed E-state index contributed by atoms with van der Waals surface area (Å²) < 4.78 is 0. The zero-order chi connectivity index (χ0) is 12.6. The van der Waals surface area contributed by atoms with E-state index in [1.165, 1.54) is 64.2 Å². The van der Waals surface area contributed by atoms with Crippen molar-refractivity contribution >= 4 is 5.91 Å². The summed E-state index contributed by atoms with van der Waals surface area (Å²) in [7, 11) is 0. The third-order valence-corrected chi connectivity index (χ3v) is 4.51. The van der Waals surface area contributed by atoms with Gasteiger partial charge >= 0.3 is 0 Å². The summed E-state index contributed by atoms with van der Waals surface area (Å²) in [6, 6.07) is 0.592. The number of hydrogen-bond donors (Lipinski definition) is 2. The number of amides is 1. The second kappa shape index (κ2) is 7.78. The molecule has 0 aliphatic heterocycles. The topological polar surface area (TPSA) is 41.1 Å². The van der Waals surface area contributed by atoms with E-state index in [9.17, 15) is 4.79 Å². The lowest BCUT2D eigenvalue weighted by molar-refractivity contribution is -0.120. The summed E-state index contributed by atoms with van der Waals surface area (Å²) in [5, 5.41) is 6.41. The van der Waals surface area contributed by atoms with Crippen LogP contribution in [-0.2, 0) is 4.79 Å². The maximum atomic E-state index is 11.7. The Balaban J connectivity index is 1.48. The molecule has 2 rings (SSSR count). The zero-order valence-electron chi connectivity index (χ0n) is 11.5. The van der Waals surface area contributed by atoms with Crippen molar-refractivity contribution in [3.63, 3.8) is 0 Å². The normalized spacial score (nSPS) is 22.2. The van der Waals surface area contributed by atoms with Gasteiger partial charge in [-0.25, -0.2) is 0 Å². The summed E-state index contributed by atoms with van der Waals surface area (Å²) in [4.78, 5) is 11.7. The van der Waals surface area contributed by atoms with Crippen LogP contribution in [-0.4, -0.2) is 25.0 Å². The lowest BCUT2D eigenvalue weighted by Gasteiger charge is -2.21. The second-order valence-corrected chi connectivity index (χ2v) is 6.00. The molecule has 0 radical (unpaired) electrons. The van der Waals surface area contributed by atoms with E-state index >= 15 is 0 Å². The molecule has 0 aromatic carbocycles. The van der Waals surface area contributed by atoms with Gasteiger partial charge in [0.1, 0.15) is 0 Å². The standard InChI is InChI=1S/C15H28N2O/c18-15(12-17-14-8-4-5-9-14)16-11-10-13-6-2-1-3-7-13/h13-14,17H,1-12H2,(H,16,18). The fourth-order valence-electron chi connectivity index (χ4n) is 3.32. The number of nitrogens with one attached hydrogen (secondary N) is 2. The second-order valence-electron chi connectivity index (χ2n) is 6.00. The molecule has 2 aliphatic carbocycles. The van der Waals surface area contributed by atoms with Crippen LogP contribution in [0.2, 0.25) is 0 Å². The molecule has 2 N–H and O–H groups in total. The van der Waals surface area contributed by atoms with Crippen LogP contribution >= 0.6 is 0 Å². The van der Waals surface area contributed by atoms with Gasteiger partial charge in [0.25, 0.3) is 0 Å². The zero-order valence-corrected chi connectivity index (χ0v) is 11.5. The van der Waals surface area contributed by atoms with Crippen LogP contribution < -0.4 is 10.6 Å². The average molecular weight is 252 g/mol. The van der Waals surface area contributed by atoms with Crippen molar-refractivity contribution in [1.29, 1.82) is 0 Å². The van der Waals surface area contributed by atoms with Crippen molar-refractivity contribution in [3.05, 3.63) is 0 Å². The first-order valence-corrected chi connectivity index (χ1v) is 7.84.